The van der Waals surface area contributed by atoms with Crippen LogP contribution in [0.5, 0.6) is 17.2 Å². The lowest BCUT2D eigenvalue weighted by atomic mass is 10.1. The van der Waals surface area contributed by atoms with Crippen LogP contribution in [0.4, 0.5) is 5.69 Å². The summed E-state index contributed by atoms with van der Waals surface area (Å²) in [5.41, 5.74) is 0.748. The van der Waals surface area contributed by atoms with E-state index in [-0.39, 0.29) is 30.8 Å². The molecule has 0 radical (unpaired) electrons. The Balaban J connectivity index is 1.42. The van der Waals surface area contributed by atoms with Crippen LogP contribution in [0.3, 0.4) is 0 Å². The summed E-state index contributed by atoms with van der Waals surface area (Å²) in [5, 5.41) is 2.95. The minimum absolute atomic E-state index is 0.164. The van der Waals surface area contributed by atoms with Gasteiger partial charge in [0.1, 0.15) is 11.8 Å². The smallest absolute Gasteiger partial charge is 0.265 e. The van der Waals surface area contributed by atoms with E-state index in [0.717, 1.165) is 19.6 Å². The molecule has 2 aliphatic rings. The van der Waals surface area contributed by atoms with Crippen molar-refractivity contribution in [1.29, 1.82) is 0 Å². The molecule has 2 aromatic carbocycles. The quantitative estimate of drug-likeness (QED) is 0.506. The first-order chi connectivity index (χ1) is 17.5. The normalized spacial score (nSPS) is 16.5. The number of carbonyl (C=O) groups excluding carboxylic acids is 3. The molecular formula is C27H33N3O6. The van der Waals surface area contributed by atoms with Gasteiger partial charge in [0.25, 0.3) is 5.91 Å². The number of ketones is 1. The molecule has 9 heteroatoms. The van der Waals surface area contributed by atoms with Crippen molar-refractivity contribution in [3.05, 3.63) is 48.0 Å². The van der Waals surface area contributed by atoms with Crippen LogP contribution in [0.2, 0.25) is 0 Å². The van der Waals surface area contributed by atoms with Crippen LogP contribution in [0.25, 0.3) is 0 Å². The number of hydrogen-bond donors (Lipinski definition) is 1. The molecule has 36 heavy (non-hydrogen) atoms. The molecule has 9 nitrogen and oxygen atoms in total. The second-order valence-corrected chi connectivity index (χ2v) is 8.97. The van der Waals surface area contributed by atoms with E-state index in [1.807, 2.05) is 6.07 Å². The molecule has 4 rings (SSSR count). The van der Waals surface area contributed by atoms with E-state index >= 15 is 0 Å². The molecule has 2 heterocycles. The van der Waals surface area contributed by atoms with Crippen LogP contribution in [-0.2, 0) is 9.59 Å². The Bertz CT molecular complexity index is 1100. The Kier molecular flexibility index (Phi) is 8.43. The van der Waals surface area contributed by atoms with E-state index in [1.165, 1.54) is 31.3 Å². The molecule has 0 bridgehead atoms. The highest BCUT2D eigenvalue weighted by molar-refractivity contribution is 6.05. The number of benzene rings is 2. The van der Waals surface area contributed by atoms with E-state index < -0.39 is 6.04 Å². The van der Waals surface area contributed by atoms with Gasteiger partial charge in [-0.3, -0.25) is 19.3 Å². The fourth-order valence-electron chi connectivity index (χ4n) is 4.52. The summed E-state index contributed by atoms with van der Waals surface area (Å²) in [5.74, 6) is 0.577. The van der Waals surface area contributed by atoms with E-state index in [9.17, 15) is 14.4 Å². The Morgan fingerprint density at radius 3 is 2.58 bits per heavy atom. The fraction of sp³-hybridized carbons (Fsp3) is 0.444. The molecule has 2 amide bonds. The number of fused-ring (bicyclic) bond motifs is 1. The number of para-hydroxylation sites is 2. The lowest BCUT2D eigenvalue weighted by Gasteiger charge is -2.34. The molecule has 0 aromatic heterocycles. The topological polar surface area (TPSA) is 97.4 Å². The molecule has 1 atom stereocenters. The Labute approximate surface area is 211 Å². The molecule has 0 aliphatic carbocycles. The molecule has 2 aliphatic heterocycles. The molecule has 2 aromatic rings. The van der Waals surface area contributed by atoms with Crippen molar-refractivity contribution >= 4 is 23.3 Å². The largest absolute Gasteiger partial charge is 0.493 e. The average Bonchev–Trinajstić information content (AvgIpc) is 2.91. The lowest BCUT2D eigenvalue weighted by Crippen LogP contribution is -2.52. The zero-order valence-corrected chi connectivity index (χ0v) is 20.8. The summed E-state index contributed by atoms with van der Waals surface area (Å²) in [4.78, 5) is 42.3. The van der Waals surface area contributed by atoms with E-state index in [0.29, 0.717) is 35.0 Å². The van der Waals surface area contributed by atoms with Gasteiger partial charge in [-0.2, -0.15) is 0 Å². The summed E-state index contributed by atoms with van der Waals surface area (Å²) < 4.78 is 16.5. The number of hydrogen-bond acceptors (Lipinski definition) is 7. The molecule has 1 saturated heterocycles. The van der Waals surface area contributed by atoms with Crippen molar-refractivity contribution in [1.82, 2.24) is 10.2 Å². The number of ether oxygens (including phenoxy) is 3. The highest BCUT2D eigenvalue weighted by Crippen LogP contribution is 2.35. The highest BCUT2D eigenvalue weighted by Gasteiger charge is 2.33. The van der Waals surface area contributed by atoms with Gasteiger partial charge in [0.2, 0.25) is 5.91 Å². The first-order valence-electron chi connectivity index (χ1n) is 12.4. The van der Waals surface area contributed by atoms with Gasteiger partial charge < -0.3 is 24.4 Å². The van der Waals surface area contributed by atoms with E-state index in [2.05, 4.69) is 10.2 Å². The molecule has 1 fully saturated rings. The minimum atomic E-state index is -0.753. The number of rotatable bonds is 10. The number of nitrogens with one attached hydrogen (secondary N) is 1. The monoisotopic (exact) mass is 495 g/mol. The number of piperidine rings is 1. The van der Waals surface area contributed by atoms with Crippen molar-refractivity contribution < 1.29 is 28.6 Å². The number of nitrogens with zero attached hydrogens (tertiary/aromatic N) is 2. The van der Waals surface area contributed by atoms with Crippen LogP contribution in [-0.4, -0.2) is 75.0 Å². The van der Waals surface area contributed by atoms with Crippen LogP contribution in [0.1, 0.15) is 36.5 Å². The zero-order valence-electron chi connectivity index (χ0n) is 20.8. The number of carbonyl (C=O) groups is 3. The maximum atomic E-state index is 12.9. The average molecular weight is 496 g/mol. The molecule has 1 N–H and O–H groups in total. The molecule has 192 valence electrons. The van der Waals surface area contributed by atoms with Gasteiger partial charge in [-0.15, -0.1) is 0 Å². The predicted octanol–water partition coefficient (Wildman–Crippen LogP) is 2.67. The van der Waals surface area contributed by atoms with Crippen LogP contribution in [0, 0.1) is 0 Å². The number of methoxy groups -OCH3 is 1. The first-order valence-corrected chi connectivity index (χ1v) is 12.4. The van der Waals surface area contributed by atoms with Crippen LogP contribution < -0.4 is 24.4 Å². The molecule has 0 spiro atoms. The van der Waals surface area contributed by atoms with Crippen LogP contribution >= 0.6 is 0 Å². The third-order valence-electron chi connectivity index (χ3n) is 6.53. The van der Waals surface area contributed by atoms with Crippen molar-refractivity contribution in [3.63, 3.8) is 0 Å². The Morgan fingerprint density at radius 2 is 1.83 bits per heavy atom. The van der Waals surface area contributed by atoms with Gasteiger partial charge in [0, 0.05) is 18.7 Å². The third-order valence-corrected chi connectivity index (χ3v) is 6.53. The van der Waals surface area contributed by atoms with Crippen molar-refractivity contribution in [2.45, 2.75) is 32.2 Å². The van der Waals surface area contributed by atoms with Crippen molar-refractivity contribution in [3.8, 4) is 17.2 Å². The highest BCUT2D eigenvalue weighted by atomic mass is 16.5. The number of amides is 2. The Morgan fingerprint density at radius 1 is 1.08 bits per heavy atom. The first kappa shape index (κ1) is 25.5. The molecule has 1 unspecified atom stereocenters. The molecular weight excluding hydrogens is 462 g/mol. The van der Waals surface area contributed by atoms with E-state index in [4.69, 9.17) is 14.2 Å². The van der Waals surface area contributed by atoms with Gasteiger partial charge in [0.05, 0.1) is 12.8 Å². The van der Waals surface area contributed by atoms with Crippen LogP contribution in [0.15, 0.2) is 42.5 Å². The number of Topliss-reactive ketones (excluding diaryl/α,β-unsaturated/α-hetero) is 1. The summed E-state index contributed by atoms with van der Waals surface area (Å²) in [6.07, 6.45) is 3.64. The van der Waals surface area contributed by atoms with Gasteiger partial charge >= 0.3 is 0 Å². The maximum Gasteiger partial charge on any atom is 0.265 e. The SMILES string of the molecule is COc1ccccc1OCC(=O)c1ccc2c(c1)N(C(C)C(=O)NCCN1CCCCC1)C(=O)CO2. The summed E-state index contributed by atoms with van der Waals surface area (Å²) in [6, 6.07) is 11.2. The summed E-state index contributed by atoms with van der Waals surface area (Å²) >= 11 is 0. The second-order valence-electron chi connectivity index (χ2n) is 8.97. The second kappa shape index (κ2) is 11.9. The fourth-order valence-corrected chi connectivity index (χ4v) is 4.52. The zero-order chi connectivity index (χ0) is 25.5. The lowest BCUT2D eigenvalue weighted by molar-refractivity contribution is -0.127. The summed E-state index contributed by atoms with van der Waals surface area (Å²) in [6.45, 7) is 4.73. The molecule has 0 saturated carbocycles. The predicted molar refractivity (Wildman–Crippen MR) is 135 cm³/mol. The van der Waals surface area contributed by atoms with Gasteiger partial charge in [0.15, 0.2) is 30.5 Å². The van der Waals surface area contributed by atoms with Crippen molar-refractivity contribution in [2.24, 2.45) is 0 Å². The number of likely N-dealkylation sites (tertiary alicyclic amines) is 1. The van der Waals surface area contributed by atoms with Gasteiger partial charge in [-0.25, -0.2) is 0 Å². The minimum Gasteiger partial charge on any atom is -0.493 e. The van der Waals surface area contributed by atoms with E-state index in [1.54, 1.807) is 43.3 Å². The van der Waals surface area contributed by atoms with Gasteiger partial charge in [-0.05, 0) is 63.2 Å². The standard InChI is InChI=1S/C27H33N3O6/c1-19(27(33)28-12-15-29-13-6-3-7-14-29)30-21-16-20(10-11-23(21)36-18-26(30)32)22(31)17-35-25-9-5-4-8-24(25)34-2/h4-5,8-11,16,19H,3,6-7,12-15,17-18H2,1-2H3,(H,28,33). The Hall–Kier alpha value is -3.59. The summed E-state index contributed by atoms with van der Waals surface area (Å²) in [7, 11) is 1.53. The third kappa shape index (κ3) is 5.96. The van der Waals surface area contributed by atoms with Crippen molar-refractivity contribution in [2.75, 3.05) is 51.4 Å². The number of anilines is 1. The maximum absolute atomic E-state index is 12.9. The van der Waals surface area contributed by atoms with Gasteiger partial charge in [-0.1, -0.05) is 18.6 Å².